The number of carboxylic acid groups (broad SMARTS) is 1. The molecule has 1 N–H and O–H groups in total. The summed E-state index contributed by atoms with van der Waals surface area (Å²) in [5.74, 6) is -1.09. The van der Waals surface area contributed by atoms with Crippen LogP contribution in [-0.2, 0) is 10.0 Å². The fraction of sp³-hybridized carbons (Fsp3) is 0.308. The Bertz CT molecular complexity index is 626. The lowest BCUT2D eigenvalue weighted by Crippen LogP contribution is -2.23. The Morgan fingerprint density at radius 3 is 2.26 bits per heavy atom. The van der Waals surface area contributed by atoms with Crippen molar-refractivity contribution < 1.29 is 18.3 Å². The number of carboxylic acids is 1. The van der Waals surface area contributed by atoms with Crippen LogP contribution in [0.15, 0.2) is 28.7 Å². The first-order chi connectivity index (χ1) is 8.66. The third-order valence-electron chi connectivity index (χ3n) is 2.46. The van der Waals surface area contributed by atoms with Crippen LogP contribution in [-0.4, -0.2) is 37.9 Å². The SMILES string of the molecule is CC(C)=Cc1cc(C(=O)O)ccc1S(=O)(=O)N(C)C. The molecule has 1 rings (SSSR count). The summed E-state index contributed by atoms with van der Waals surface area (Å²) in [6, 6.07) is 3.99. The van der Waals surface area contributed by atoms with Gasteiger partial charge in [-0.3, -0.25) is 0 Å². The third kappa shape index (κ3) is 3.42. The number of hydrogen-bond acceptors (Lipinski definition) is 3. The molecule has 0 saturated carbocycles. The molecule has 0 aliphatic heterocycles. The van der Waals surface area contributed by atoms with Crippen molar-refractivity contribution in [2.45, 2.75) is 18.7 Å². The fourth-order valence-electron chi connectivity index (χ4n) is 1.54. The second-order valence-electron chi connectivity index (χ2n) is 4.57. The monoisotopic (exact) mass is 283 g/mol. The first kappa shape index (κ1) is 15.4. The Morgan fingerprint density at radius 1 is 1.26 bits per heavy atom. The molecule has 0 fully saturated rings. The van der Waals surface area contributed by atoms with Crippen LogP contribution < -0.4 is 0 Å². The molecule has 0 atom stereocenters. The van der Waals surface area contributed by atoms with Crippen molar-refractivity contribution in [3.8, 4) is 0 Å². The van der Waals surface area contributed by atoms with E-state index in [2.05, 4.69) is 0 Å². The first-order valence-corrected chi connectivity index (χ1v) is 7.05. The Morgan fingerprint density at radius 2 is 1.84 bits per heavy atom. The number of aromatic carboxylic acids is 1. The second-order valence-corrected chi connectivity index (χ2v) is 6.69. The average Bonchev–Trinajstić information content (AvgIpc) is 2.27. The minimum absolute atomic E-state index is 0.0604. The Kier molecular flexibility index (Phi) is 4.49. The minimum atomic E-state index is -3.60. The van der Waals surface area contributed by atoms with E-state index in [-0.39, 0.29) is 10.5 Å². The third-order valence-corrected chi connectivity index (χ3v) is 4.35. The summed E-state index contributed by atoms with van der Waals surface area (Å²) >= 11 is 0. The molecular formula is C13H17NO4S. The largest absolute Gasteiger partial charge is 0.478 e. The molecule has 19 heavy (non-hydrogen) atoms. The highest BCUT2D eigenvalue weighted by Crippen LogP contribution is 2.22. The summed E-state index contributed by atoms with van der Waals surface area (Å²) in [5.41, 5.74) is 1.33. The van der Waals surface area contributed by atoms with Gasteiger partial charge in [0, 0.05) is 14.1 Å². The van der Waals surface area contributed by atoms with E-state index < -0.39 is 16.0 Å². The first-order valence-electron chi connectivity index (χ1n) is 5.61. The smallest absolute Gasteiger partial charge is 0.335 e. The summed E-state index contributed by atoms with van der Waals surface area (Å²) in [6.45, 7) is 3.64. The van der Waals surface area contributed by atoms with Gasteiger partial charge in [0.15, 0.2) is 0 Å². The van der Waals surface area contributed by atoms with Gasteiger partial charge < -0.3 is 5.11 Å². The molecule has 0 spiro atoms. The van der Waals surface area contributed by atoms with Crippen molar-refractivity contribution >= 4 is 22.1 Å². The number of benzene rings is 1. The van der Waals surface area contributed by atoms with Crippen LogP contribution in [0, 0.1) is 0 Å². The Labute approximate surface area is 113 Å². The second kappa shape index (κ2) is 5.54. The predicted molar refractivity (Wildman–Crippen MR) is 73.6 cm³/mol. The summed E-state index contributed by atoms with van der Waals surface area (Å²) < 4.78 is 25.4. The minimum Gasteiger partial charge on any atom is -0.478 e. The van der Waals surface area contributed by atoms with Crippen molar-refractivity contribution in [2.24, 2.45) is 0 Å². The maximum atomic E-state index is 12.2. The van der Waals surface area contributed by atoms with Gasteiger partial charge in [-0.05, 0) is 37.6 Å². The van der Waals surface area contributed by atoms with Crippen molar-refractivity contribution in [1.82, 2.24) is 4.31 Å². The lowest BCUT2D eigenvalue weighted by Gasteiger charge is -2.14. The van der Waals surface area contributed by atoms with Crippen LogP contribution >= 0.6 is 0 Å². The van der Waals surface area contributed by atoms with E-state index >= 15 is 0 Å². The van der Waals surface area contributed by atoms with Crippen LogP contribution in [0.3, 0.4) is 0 Å². The molecule has 0 unspecified atom stereocenters. The zero-order valence-corrected chi connectivity index (χ0v) is 12.2. The zero-order chi connectivity index (χ0) is 14.8. The molecule has 1 aromatic rings. The standard InChI is InChI=1S/C13H17NO4S/c1-9(2)7-11-8-10(13(15)16)5-6-12(11)19(17,18)14(3)4/h5-8H,1-4H3,(H,15,16). The van der Waals surface area contributed by atoms with Gasteiger partial charge in [0.2, 0.25) is 10.0 Å². The number of nitrogens with zero attached hydrogens (tertiary/aromatic N) is 1. The van der Waals surface area contributed by atoms with Crippen molar-refractivity contribution in [2.75, 3.05) is 14.1 Å². The van der Waals surface area contributed by atoms with Gasteiger partial charge in [-0.1, -0.05) is 11.6 Å². The van der Waals surface area contributed by atoms with Crippen LogP contribution in [0.5, 0.6) is 0 Å². The summed E-state index contributed by atoms with van der Waals surface area (Å²) in [6.07, 6.45) is 1.66. The number of sulfonamides is 1. The molecule has 1 aromatic carbocycles. The molecule has 0 aromatic heterocycles. The molecule has 0 amide bonds. The highest BCUT2D eigenvalue weighted by Gasteiger charge is 2.21. The van der Waals surface area contributed by atoms with Crippen LogP contribution in [0.25, 0.3) is 6.08 Å². The van der Waals surface area contributed by atoms with E-state index in [1.165, 1.54) is 32.3 Å². The van der Waals surface area contributed by atoms with Crippen molar-refractivity contribution in [1.29, 1.82) is 0 Å². The maximum absolute atomic E-state index is 12.2. The van der Waals surface area contributed by atoms with E-state index in [4.69, 9.17) is 5.11 Å². The lowest BCUT2D eigenvalue weighted by molar-refractivity contribution is 0.0696. The molecule has 6 heteroatoms. The van der Waals surface area contributed by atoms with Gasteiger partial charge in [-0.15, -0.1) is 0 Å². The van der Waals surface area contributed by atoms with Crippen LogP contribution in [0.4, 0.5) is 0 Å². The van der Waals surface area contributed by atoms with Crippen molar-refractivity contribution in [3.63, 3.8) is 0 Å². The van der Waals surface area contributed by atoms with Gasteiger partial charge in [0.05, 0.1) is 10.5 Å². The van der Waals surface area contributed by atoms with Gasteiger partial charge in [0.1, 0.15) is 0 Å². The van der Waals surface area contributed by atoms with E-state index in [1.807, 2.05) is 13.8 Å². The van der Waals surface area contributed by atoms with E-state index in [0.717, 1.165) is 9.88 Å². The molecule has 0 heterocycles. The fourth-order valence-corrected chi connectivity index (χ4v) is 2.59. The van der Waals surface area contributed by atoms with Gasteiger partial charge in [-0.2, -0.15) is 0 Å². The molecule has 0 aliphatic rings. The molecule has 0 bridgehead atoms. The van der Waals surface area contributed by atoms with E-state index in [9.17, 15) is 13.2 Å². The Balaban J connectivity index is 3.58. The average molecular weight is 283 g/mol. The lowest BCUT2D eigenvalue weighted by atomic mass is 10.1. The Hall–Kier alpha value is -1.66. The molecule has 104 valence electrons. The molecule has 0 radical (unpaired) electrons. The van der Waals surface area contributed by atoms with E-state index in [1.54, 1.807) is 6.08 Å². The highest BCUT2D eigenvalue weighted by molar-refractivity contribution is 7.89. The number of hydrogen-bond donors (Lipinski definition) is 1. The zero-order valence-electron chi connectivity index (χ0n) is 11.3. The summed E-state index contributed by atoms with van der Waals surface area (Å²) in [5, 5.41) is 8.97. The predicted octanol–water partition coefficient (Wildman–Crippen LogP) is 2.06. The number of rotatable bonds is 4. The maximum Gasteiger partial charge on any atom is 0.335 e. The summed E-state index contributed by atoms with van der Waals surface area (Å²) in [4.78, 5) is 11.1. The molecule has 0 saturated heterocycles. The molecular weight excluding hydrogens is 266 g/mol. The van der Waals surface area contributed by atoms with Crippen LogP contribution in [0.2, 0.25) is 0 Å². The number of carbonyl (C=O) groups is 1. The van der Waals surface area contributed by atoms with Crippen molar-refractivity contribution in [3.05, 3.63) is 34.9 Å². The number of allylic oxidation sites excluding steroid dienone is 1. The molecule has 0 aliphatic carbocycles. The van der Waals surface area contributed by atoms with E-state index in [0.29, 0.717) is 5.56 Å². The topological polar surface area (TPSA) is 74.7 Å². The van der Waals surface area contributed by atoms with Gasteiger partial charge >= 0.3 is 5.97 Å². The van der Waals surface area contributed by atoms with Crippen LogP contribution in [0.1, 0.15) is 29.8 Å². The molecule has 5 nitrogen and oxygen atoms in total. The summed E-state index contributed by atoms with van der Waals surface area (Å²) in [7, 11) is -0.725. The highest BCUT2D eigenvalue weighted by atomic mass is 32.2. The quantitative estimate of drug-likeness (QED) is 0.917. The normalized spacial score (nSPS) is 11.4. The van der Waals surface area contributed by atoms with Gasteiger partial charge in [-0.25, -0.2) is 17.5 Å². The van der Waals surface area contributed by atoms with Gasteiger partial charge in [0.25, 0.3) is 0 Å².